The van der Waals surface area contributed by atoms with Gasteiger partial charge in [0, 0.05) is 18.0 Å². The van der Waals surface area contributed by atoms with E-state index in [4.69, 9.17) is 15.2 Å². The molecular formula is C16H25NO3. The monoisotopic (exact) mass is 279 g/mol. The summed E-state index contributed by atoms with van der Waals surface area (Å²) in [5, 5.41) is 0. The number of hydrogen-bond donors (Lipinski definition) is 1. The molecule has 0 saturated carbocycles. The van der Waals surface area contributed by atoms with Gasteiger partial charge in [-0.05, 0) is 38.0 Å². The standard InChI is InChI=1S/C16H25NO3/c1-5-19-14-8-7-12(9-15(14)20-6-2)16(18)13(10-17)11(3)4/h7-9,11,13H,5-6,10,17H2,1-4H3. The first-order chi connectivity index (χ1) is 9.54. The van der Waals surface area contributed by atoms with Crippen molar-refractivity contribution in [1.29, 1.82) is 0 Å². The number of ether oxygens (including phenoxy) is 2. The van der Waals surface area contributed by atoms with Crippen LogP contribution in [0.4, 0.5) is 0 Å². The first-order valence-corrected chi connectivity index (χ1v) is 7.19. The van der Waals surface area contributed by atoms with Crippen LogP contribution in [0.25, 0.3) is 0 Å². The van der Waals surface area contributed by atoms with Crippen molar-refractivity contribution < 1.29 is 14.3 Å². The van der Waals surface area contributed by atoms with Crippen LogP contribution in [0, 0.1) is 11.8 Å². The Labute approximate surface area is 121 Å². The maximum Gasteiger partial charge on any atom is 0.167 e. The van der Waals surface area contributed by atoms with E-state index in [2.05, 4.69) is 0 Å². The van der Waals surface area contributed by atoms with Crippen LogP contribution in [0.3, 0.4) is 0 Å². The summed E-state index contributed by atoms with van der Waals surface area (Å²) in [6.45, 7) is 9.28. The Kier molecular flexibility index (Phi) is 6.52. The van der Waals surface area contributed by atoms with Gasteiger partial charge in [0.2, 0.25) is 0 Å². The molecule has 1 unspecified atom stereocenters. The van der Waals surface area contributed by atoms with Gasteiger partial charge in [0.15, 0.2) is 17.3 Å². The molecule has 4 heteroatoms. The van der Waals surface area contributed by atoms with Crippen LogP contribution in [0.15, 0.2) is 18.2 Å². The maximum atomic E-state index is 12.5. The van der Waals surface area contributed by atoms with Gasteiger partial charge in [-0.1, -0.05) is 13.8 Å². The molecule has 0 heterocycles. The summed E-state index contributed by atoms with van der Waals surface area (Å²) in [6.07, 6.45) is 0. The molecule has 0 bridgehead atoms. The molecule has 1 atom stereocenters. The molecule has 0 amide bonds. The third kappa shape index (κ3) is 3.97. The highest BCUT2D eigenvalue weighted by Gasteiger charge is 2.23. The predicted molar refractivity (Wildman–Crippen MR) is 80.5 cm³/mol. The summed E-state index contributed by atoms with van der Waals surface area (Å²) in [7, 11) is 0. The Morgan fingerprint density at radius 3 is 2.25 bits per heavy atom. The third-order valence-electron chi connectivity index (χ3n) is 3.22. The summed E-state index contributed by atoms with van der Waals surface area (Å²) in [5.74, 6) is 1.39. The molecule has 0 spiro atoms. The summed E-state index contributed by atoms with van der Waals surface area (Å²) in [6, 6.07) is 5.32. The lowest BCUT2D eigenvalue weighted by atomic mass is 9.88. The van der Waals surface area contributed by atoms with Crippen molar-refractivity contribution >= 4 is 5.78 Å². The number of hydrogen-bond acceptors (Lipinski definition) is 4. The smallest absolute Gasteiger partial charge is 0.167 e. The first kappa shape index (κ1) is 16.5. The molecular weight excluding hydrogens is 254 g/mol. The molecule has 0 aliphatic rings. The van der Waals surface area contributed by atoms with Crippen LogP contribution in [0.1, 0.15) is 38.1 Å². The second kappa shape index (κ2) is 7.90. The van der Waals surface area contributed by atoms with Gasteiger partial charge < -0.3 is 15.2 Å². The highest BCUT2D eigenvalue weighted by atomic mass is 16.5. The van der Waals surface area contributed by atoms with Gasteiger partial charge >= 0.3 is 0 Å². The molecule has 2 N–H and O–H groups in total. The van der Waals surface area contributed by atoms with Gasteiger partial charge in [0.05, 0.1) is 13.2 Å². The summed E-state index contributed by atoms with van der Waals surface area (Å²) in [4.78, 5) is 12.5. The minimum atomic E-state index is -0.164. The Bertz CT molecular complexity index is 443. The van der Waals surface area contributed by atoms with Gasteiger partial charge in [-0.2, -0.15) is 0 Å². The fourth-order valence-electron chi connectivity index (χ4n) is 2.10. The summed E-state index contributed by atoms with van der Waals surface area (Å²) >= 11 is 0. The largest absolute Gasteiger partial charge is 0.490 e. The van der Waals surface area contributed by atoms with Gasteiger partial charge in [-0.15, -0.1) is 0 Å². The number of rotatable bonds is 8. The SMILES string of the molecule is CCOc1ccc(C(=O)C(CN)C(C)C)cc1OCC. The van der Waals surface area contributed by atoms with Crippen LogP contribution >= 0.6 is 0 Å². The molecule has 20 heavy (non-hydrogen) atoms. The van der Waals surface area contributed by atoms with Gasteiger partial charge in [-0.3, -0.25) is 4.79 Å². The fourth-order valence-corrected chi connectivity index (χ4v) is 2.10. The third-order valence-corrected chi connectivity index (χ3v) is 3.22. The average molecular weight is 279 g/mol. The van der Waals surface area contributed by atoms with Crippen molar-refractivity contribution in [3.05, 3.63) is 23.8 Å². The molecule has 0 saturated heterocycles. The molecule has 0 radical (unpaired) electrons. The maximum absolute atomic E-state index is 12.5. The highest BCUT2D eigenvalue weighted by molar-refractivity contribution is 5.98. The van der Waals surface area contributed by atoms with E-state index in [1.54, 1.807) is 18.2 Å². The van der Waals surface area contributed by atoms with Crippen LogP contribution in [-0.2, 0) is 0 Å². The zero-order chi connectivity index (χ0) is 15.1. The van der Waals surface area contributed by atoms with Crippen LogP contribution in [0.5, 0.6) is 11.5 Å². The van der Waals surface area contributed by atoms with Crippen LogP contribution < -0.4 is 15.2 Å². The second-order valence-corrected chi connectivity index (χ2v) is 4.98. The van der Waals surface area contributed by atoms with E-state index in [9.17, 15) is 4.79 Å². The molecule has 112 valence electrons. The molecule has 1 rings (SSSR count). The molecule has 0 fully saturated rings. The van der Waals surface area contributed by atoms with Crippen molar-refractivity contribution in [1.82, 2.24) is 0 Å². The quantitative estimate of drug-likeness (QED) is 0.743. The highest BCUT2D eigenvalue weighted by Crippen LogP contribution is 2.30. The second-order valence-electron chi connectivity index (χ2n) is 4.98. The zero-order valence-corrected chi connectivity index (χ0v) is 12.8. The van der Waals surface area contributed by atoms with Gasteiger partial charge in [0.25, 0.3) is 0 Å². The van der Waals surface area contributed by atoms with Crippen molar-refractivity contribution in [2.45, 2.75) is 27.7 Å². The van der Waals surface area contributed by atoms with Crippen LogP contribution in [0.2, 0.25) is 0 Å². The Hall–Kier alpha value is -1.55. The van der Waals surface area contributed by atoms with Crippen molar-refractivity contribution in [3.8, 4) is 11.5 Å². The zero-order valence-electron chi connectivity index (χ0n) is 12.8. The molecule has 1 aromatic carbocycles. The summed E-state index contributed by atoms with van der Waals surface area (Å²) in [5.41, 5.74) is 6.34. The molecule has 4 nitrogen and oxygen atoms in total. The van der Waals surface area contributed by atoms with E-state index in [0.717, 1.165) is 0 Å². The average Bonchev–Trinajstić information content (AvgIpc) is 2.41. The minimum Gasteiger partial charge on any atom is -0.490 e. The van der Waals surface area contributed by atoms with E-state index in [0.29, 0.717) is 36.8 Å². The molecule has 0 aromatic heterocycles. The number of benzene rings is 1. The lowest BCUT2D eigenvalue weighted by molar-refractivity contribution is 0.0891. The normalized spacial score (nSPS) is 12.3. The number of Topliss-reactive ketones (excluding diaryl/α,β-unsaturated/α-hetero) is 1. The number of nitrogens with two attached hydrogens (primary N) is 1. The number of carbonyl (C=O) groups excluding carboxylic acids is 1. The van der Waals surface area contributed by atoms with E-state index in [1.807, 2.05) is 27.7 Å². The lowest BCUT2D eigenvalue weighted by Crippen LogP contribution is -2.28. The number of ketones is 1. The van der Waals surface area contributed by atoms with Crippen molar-refractivity contribution in [2.75, 3.05) is 19.8 Å². The van der Waals surface area contributed by atoms with E-state index < -0.39 is 0 Å². The Balaban J connectivity index is 3.06. The van der Waals surface area contributed by atoms with E-state index >= 15 is 0 Å². The summed E-state index contributed by atoms with van der Waals surface area (Å²) < 4.78 is 11.0. The Morgan fingerprint density at radius 2 is 1.75 bits per heavy atom. The Morgan fingerprint density at radius 1 is 1.15 bits per heavy atom. The minimum absolute atomic E-state index is 0.0616. The van der Waals surface area contributed by atoms with Gasteiger partial charge in [-0.25, -0.2) is 0 Å². The van der Waals surface area contributed by atoms with E-state index in [1.165, 1.54) is 0 Å². The lowest BCUT2D eigenvalue weighted by Gasteiger charge is -2.18. The molecule has 1 aromatic rings. The van der Waals surface area contributed by atoms with Crippen molar-refractivity contribution in [3.63, 3.8) is 0 Å². The first-order valence-electron chi connectivity index (χ1n) is 7.19. The molecule has 0 aliphatic carbocycles. The van der Waals surface area contributed by atoms with E-state index in [-0.39, 0.29) is 17.6 Å². The van der Waals surface area contributed by atoms with Gasteiger partial charge in [0.1, 0.15) is 0 Å². The predicted octanol–water partition coefficient (Wildman–Crippen LogP) is 2.90. The van der Waals surface area contributed by atoms with Crippen molar-refractivity contribution in [2.24, 2.45) is 17.6 Å². The van der Waals surface area contributed by atoms with Crippen LogP contribution in [-0.4, -0.2) is 25.5 Å². The topological polar surface area (TPSA) is 61.5 Å². The fraction of sp³-hybridized carbons (Fsp3) is 0.562. The molecule has 0 aliphatic heterocycles. The number of carbonyl (C=O) groups is 1.